The molecule has 5 nitrogen and oxygen atoms in total. The second-order valence-electron chi connectivity index (χ2n) is 3.83. The molecule has 1 aliphatic rings. The van der Waals surface area contributed by atoms with Crippen LogP contribution in [0.25, 0.3) is 0 Å². The zero-order valence-corrected chi connectivity index (χ0v) is 9.39. The molecular formula is C12H15NO4. The zero-order chi connectivity index (χ0) is 12.1. The van der Waals surface area contributed by atoms with Crippen LogP contribution in [0.4, 0.5) is 0 Å². The molecule has 0 aliphatic carbocycles. The van der Waals surface area contributed by atoms with Gasteiger partial charge in [-0.25, -0.2) is 0 Å². The summed E-state index contributed by atoms with van der Waals surface area (Å²) in [7, 11) is 0. The fraction of sp³-hybridized carbons (Fsp3) is 0.417. The molecule has 0 aromatic heterocycles. The van der Waals surface area contributed by atoms with Crippen molar-refractivity contribution in [3.05, 3.63) is 29.8 Å². The number of hydrogen-bond donors (Lipinski definition) is 2. The Morgan fingerprint density at radius 3 is 3.06 bits per heavy atom. The molecule has 1 aromatic rings. The predicted molar refractivity (Wildman–Crippen MR) is 61.0 cm³/mol. The van der Waals surface area contributed by atoms with Crippen molar-refractivity contribution in [2.24, 2.45) is 0 Å². The Kier molecular flexibility index (Phi) is 3.95. The average molecular weight is 237 g/mol. The fourth-order valence-corrected chi connectivity index (χ4v) is 1.61. The SMILES string of the molecule is O=C(NCC1COCCO1)c1cccc(O)c1. The number of nitrogens with one attached hydrogen (secondary N) is 1. The van der Waals surface area contributed by atoms with Crippen LogP contribution < -0.4 is 5.32 Å². The first-order valence-corrected chi connectivity index (χ1v) is 5.52. The van der Waals surface area contributed by atoms with E-state index in [2.05, 4.69) is 5.32 Å². The maximum absolute atomic E-state index is 11.7. The van der Waals surface area contributed by atoms with Crippen LogP contribution in [0.2, 0.25) is 0 Å². The van der Waals surface area contributed by atoms with Crippen LogP contribution in [0.5, 0.6) is 5.75 Å². The highest BCUT2D eigenvalue weighted by molar-refractivity contribution is 5.94. The molecule has 1 fully saturated rings. The van der Waals surface area contributed by atoms with Crippen LogP contribution in [-0.4, -0.2) is 43.5 Å². The number of hydrogen-bond acceptors (Lipinski definition) is 4. The smallest absolute Gasteiger partial charge is 0.251 e. The Labute approximate surface area is 99.3 Å². The largest absolute Gasteiger partial charge is 0.508 e. The molecule has 1 amide bonds. The Morgan fingerprint density at radius 1 is 1.47 bits per heavy atom. The van der Waals surface area contributed by atoms with Crippen molar-refractivity contribution in [1.29, 1.82) is 0 Å². The number of amides is 1. The zero-order valence-electron chi connectivity index (χ0n) is 9.39. The van der Waals surface area contributed by atoms with E-state index in [-0.39, 0.29) is 17.8 Å². The summed E-state index contributed by atoms with van der Waals surface area (Å²) in [5.74, 6) is -0.148. The molecule has 0 saturated carbocycles. The molecule has 0 bridgehead atoms. The third-order valence-corrected chi connectivity index (χ3v) is 2.48. The van der Waals surface area contributed by atoms with Crippen LogP contribution in [0.3, 0.4) is 0 Å². The Morgan fingerprint density at radius 2 is 2.35 bits per heavy atom. The first-order chi connectivity index (χ1) is 8.25. The van der Waals surface area contributed by atoms with E-state index in [1.807, 2.05) is 0 Å². The third kappa shape index (κ3) is 3.44. The van der Waals surface area contributed by atoms with Crippen LogP contribution in [0, 0.1) is 0 Å². The van der Waals surface area contributed by atoms with E-state index in [1.54, 1.807) is 12.1 Å². The monoisotopic (exact) mass is 237 g/mol. The van der Waals surface area contributed by atoms with Crippen molar-refractivity contribution in [2.45, 2.75) is 6.10 Å². The third-order valence-electron chi connectivity index (χ3n) is 2.48. The number of carbonyl (C=O) groups is 1. The number of aromatic hydroxyl groups is 1. The summed E-state index contributed by atoms with van der Waals surface area (Å²) in [6, 6.07) is 6.22. The highest BCUT2D eigenvalue weighted by Gasteiger charge is 2.15. The molecule has 2 rings (SSSR count). The first kappa shape index (κ1) is 11.9. The topological polar surface area (TPSA) is 67.8 Å². The molecule has 0 spiro atoms. The van der Waals surface area contributed by atoms with E-state index in [0.717, 1.165) is 0 Å². The summed E-state index contributed by atoms with van der Waals surface area (Å²) >= 11 is 0. The molecule has 1 aliphatic heterocycles. The van der Waals surface area contributed by atoms with Crippen molar-refractivity contribution in [3.8, 4) is 5.75 Å². The van der Waals surface area contributed by atoms with Crippen molar-refractivity contribution < 1.29 is 19.4 Å². The summed E-state index contributed by atoms with van der Waals surface area (Å²) < 4.78 is 10.6. The molecule has 1 atom stereocenters. The lowest BCUT2D eigenvalue weighted by molar-refractivity contribution is -0.0855. The Balaban J connectivity index is 1.84. The number of rotatable bonds is 3. The normalized spacial score (nSPS) is 19.9. The number of phenolic OH excluding ortho intramolecular Hbond substituents is 1. The van der Waals surface area contributed by atoms with Gasteiger partial charge in [0.05, 0.1) is 25.9 Å². The highest BCUT2D eigenvalue weighted by Crippen LogP contribution is 2.10. The van der Waals surface area contributed by atoms with E-state index in [4.69, 9.17) is 9.47 Å². The van der Waals surface area contributed by atoms with Gasteiger partial charge >= 0.3 is 0 Å². The first-order valence-electron chi connectivity index (χ1n) is 5.52. The predicted octanol–water partition coefficient (Wildman–Crippen LogP) is 0.537. The lowest BCUT2D eigenvalue weighted by atomic mass is 10.2. The summed E-state index contributed by atoms with van der Waals surface area (Å²) in [4.78, 5) is 11.7. The minimum absolute atomic E-state index is 0.0786. The molecule has 1 saturated heterocycles. The van der Waals surface area contributed by atoms with Gasteiger partial charge < -0.3 is 19.9 Å². The van der Waals surface area contributed by atoms with E-state index < -0.39 is 0 Å². The van der Waals surface area contributed by atoms with Gasteiger partial charge in [-0.3, -0.25) is 4.79 Å². The van der Waals surface area contributed by atoms with Crippen LogP contribution in [-0.2, 0) is 9.47 Å². The van der Waals surface area contributed by atoms with Gasteiger partial charge in [0.2, 0.25) is 0 Å². The standard InChI is InChI=1S/C12H15NO4/c14-10-3-1-2-9(6-10)12(15)13-7-11-8-16-4-5-17-11/h1-3,6,11,14H,4-5,7-8H2,(H,13,15). The highest BCUT2D eigenvalue weighted by atomic mass is 16.6. The number of benzene rings is 1. The van der Waals surface area contributed by atoms with Crippen molar-refractivity contribution in [3.63, 3.8) is 0 Å². The molecule has 5 heteroatoms. The molecule has 0 radical (unpaired) electrons. The molecule has 1 heterocycles. The molecule has 17 heavy (non-hydrogen) atoms. The van der Waals surface area contributed by atoms with E-state index in [1.165, 1.54) is 12.1 Å². The van der Waals surface area contributed by atoms with Crippen molar-refractivity contribution >= 4 is 5.91 Å². The van der Waals surface area contributed by atoms with Gasteiger partial charge in [0.25, 0.3) is 5.91 Å². The summed E-state index contributed by atoms with van der Waals surface area (Å²) in [5.41, 5.74) is 0.432. The van der Waals surface area contributed by atoms with Gasteiger partial charge in [-0.15, -0.1) is 0 Å². The molecule has 1 unspecified atom stereocenters. The van der Waals surface area contributed by atoms with Gasteiger partial charge in [-0.05, 0) is 18.2 Å². The number of carbonyl (C=O) groups excluding carboxylic acids is 1. The lowest BCUT2D eigenvalue weighted by Crippen LogP contribution is -2.39. The second kappa shape index (κ2) is 5.65. The number of ether oxygens (including phenoxy) is 2. The maximum Gasteiger partial charge on any atom is 0.251 e. The van der Waals surface area contributed by atoms with Gasteiger partial charge in [0, 0.05) is 12.1 Å². The van der Waals surface area contributed by atoms with Crippen LogP contribution in [0.1, 0.15) is 10.4 Å². The fourth-order valence-electron chi connectivity index (χ4n) is 1.61. The van der Waals surface area contributed by atoms with Crippen LogP contribution >= 0.6 is 0 Å². The van der Waals surface area contributed by atoms with E-state index >= 15 is 0 Å². The molecule has 2 N–H and O–H groups in total. The summed E-state index contributed by atoms with van der Waals surface area (Å²) in [5, 5.41) is 12.0. The van der Waals surface area contributed by atoms with E-state index in [9.17, 15) is 9.90 Å². The molecule has 1 aromatic carbocycles. The van der Waals surface area contributed by atoms with Crippen molar-refractivity contribution in [1.82, 2.24) is 5.32 Å². The van der Waals surface area contributed by atoms with Gasteiger partial charge in [-0.1, -0.05) is 6.07 Å². The quantitative estimate of drug-likeness (QED) is 0.805. The van der Waals surface area contributed by atoms with Gasteiger partial charge in [-0.2, -0.15) is 0 Å². The molecule has 92 valence electrons. The Hall–Kier alpha value is -1.59. The van der Waals surface area contributed by atoms with E-state index in [0.29, 0.717) is 31.9 Å². The minimum Gasteiger partial charge on any atom is -0.508 e. The summed E-state index contributed by atoms with van der Waals surface area (Å²) in [6.45, 7) is 2.08. The maximum atomic E-state index is 11.7. The summed E-state index contributed by atoms with van der Waals surface area (Å²) in [6.07, 6.45) is -0.0926. The number of phenols is 1. The lowest BCUT2D eigenvalue weighted by Gasteiger charge is -2.23. The average Bonchev–Trinajstić information content (AvgIpc) is 2.37. The minimum atomic E-state index is -0.227. The van der Waals surface area contributed by atoms with Crippen LogP contribution in [0.15, 0.2) is 24.3 Å². The second-order valence-corrected chi connectivity index (χ2v) is 3.83. The van der Waals surface area contributed by atoms with Crippen molar-refractivity contribution in [2.75, 3.05) is 26.4 Å². The van der Waals surface area contributed by atoms with Gasteiger partial charge in [0.15, 0.2) is 0 Å². The molecular weight excluding hydrogens is 222 g/mol. The Bertz CT molecular complexity index is 388. The van der Waals surface area contributed by atoms with Gasteiger partial charge in [0.1, 0.15) is 5.75 Å².